The molecule has 0 saturated carbocycles. The van der Waals surface area contributed by atoms with Crippen LogP contribution in [0.25, 0.3) is 11.2 Å². The molecule has 0 aliphatic carbocycles. The molecular formula is C23H25N5O7. The van der Waals surface area contributed by atoms with Gasteiger partial charge in [-0.1, -0.05) is 30.3 Å². The van der Waals surface area contributed by atoms with E-state index in [1.165, 1.54) is 33.4 Å². The third-order valence-electron chi connectivity index (χ3n) is 5.28. The SMILES string of the molecule is CC(=O)OC[C@H]1O[C@@H](n2cnc3c([15NH]Cc4ccccc4)ncnc32)[C@H](OC(C)=O)[C@@H]1OC(C)=O. The summed E-state index contributed by atoms with van der Waals surface area (Å²) in [6, 6.07) is 9.79. The van der Waals surface area contributed by atoms with Gasteiger partial charge in [0.2, 0.25) is 0 Å². The maximum Gasteiger partial charge on any atom is 0.303 e. The minimum absolute atomic E-state index is 0.201. The van der Waals surface area contributed by atoms with Crippen molar-refractivity contribution in [1.29, 1.82) is 0 Å². The van der Waals surface area contributed by atoms with Crippen LogP contribution in [0.2, 0.25) is 0 Å². The fourth-order valence-corrected chi connectivity index (χ4v) is 3.87. The second-order valence-electron chi connectivity index (χ2n) is 7.90. The maximum atomic E-state index is 11.9. The van der Waals surface area contributed by atoms with Gasteiger partial charge in [0.05, 0.1) is 6.33 Å². The summed E-state index contributed by atoms with van der Waals surface area (Å²) in [6.45, 7) is 4.04. The molecule has 0 radical (unpaired) electrons. The van der Waals surface area contributed by atoms with Crippen molar-refractivity contribution >= 4 is 34.9 Å². The Bertz CT molecular complexity index is 1220. The first-order chi connectivity index (χ1) is 16.8. The van der Waals surface area contributed by atoms with Crippen LogP contribution in [0.3, 0.4) is 0 Å². The van der Waals surface area contributed by atoms with Gasteiger partial charge < -0.3 is 24.3 Å². The lowest BCUT2D eigenvalue weighted by Crippen LogP contribution is -2.40. The highest BCUT2D eigenvalue weighted by Crippen LogP contribution is 2.36. The number of benzene rings is 1. The van der Waals surface area contributed by atoms with Crippen LogP contribution < -0.4 is 5.32 Å². The molecule has 184 valence electrons. The van der Waals surface area contributed by atoms with Crippen molar-refractivity contribution in [2.75, 3.05) is 11.9 Å². The Labute approximate surface area is 200 Å². The lowest BCUT2D eigenvalue weighted by Gasteiger charge is -2.23. The van der Waals surface area contributed by atoms with Crippen LogP contribution in [0.5, 0.6) is 0 Å². The molecule has 4 atom stereocenters. The summed E-state index contributed by atoms with van der Waals surface area (Å²) < 4.78 is 23.6. The Morgan fingerprint density at radius 1 is 0.971 bits per heavy atom. The number of ether oxygens (including phenoxy) is 4. The van der Waals surface area contributed by atoms with Crippen molar-refractivity contribution in [1.82, 2.24) is 19.5 Å². The molecule has 0 bridgehead atoms. The smallest absolute Gasteiger partial charge is 0.303 e. The van der Waals surface area contributed by atoms with E-state index in [1.807, 2.05) is 30.3 Å². The molecule has 3 aromatic rings. The van der Waals surface area contributed by atoms with Crippen LogP contribution in [0.4, 0.5) is 5.82 Å². The van der Waals surface area contributed by atoms with E-state index in [0.29, 0.717) is 23.5 Å². The summed E-state index contributed by atoms with van der Waals surface area (Å²) in [5.41, 5.74) is 1.94. The van der Waals surface area contributed by atoms with Gasteiger partial charge in [-0.15, -0.1) is 0 Å². The van der Waals surface area contributed by atoms with Crippen molar-refractivity contribution in [2.24, 2.45) is 0 Å². The van der Waals surface area contributed by atoms with Crippen molar-refractivity contribution in [3.63, 3.8) is 0 Å². The summed E-state index contributed by atoms with van der Waals surface area (Å²) in [5.74, 6) is -1.22. The average molecular weight is 484 g/mol. The summed E-state index contributed by atoms with van der Waals surface area (Å²) in [7, 11) is 0. The summed E-state index contributed by atoms with van der Waals surface area (Å²) in [4.78, 5) is 48.1. The average Bonchev–Trinajstić information content (AvgIpc) is 3.38. The third kappa shape index (κ3) is 5.54. The van der Waals surface area contributed by atoms with Crippen LogP contribution in [0.15, 0.2) is 43.0 Å². The molecule has 1 aliphatic rings. The van der Waals surface area contributed by atoms with Crippen molar-refractivity contribution in [3.05, 3.63) is 48.5 Å². The first kappa shape index (κ1) is 24.1. The lowest BCUT2D eigenvalue weighted by molar-refractivity contribution is -0.166. The number of hydrogen-bond donors (Lipinski definition) is 1. The number of aromatic nitrogens is 4. The number of anilines is 1. The Morgan fingerprint density at radius 3 is 2.37 bits per heavy atom. The second kappa shape index (κ2) is 10.5. The number of fused-ring (bicyclic) bond motifs is 1. The molecule has 0 unspecified atom stereocenters. The van der Waals surface area contributed by atoms with E-state index in [9.17, 15) is 14.4 Å². The van der Waals surface area contributed by atoms with Gasteiger partial charge in [0.15, 0.2) is 35.4 Å². The maximum absolute atomic E-state index is 11.9. The van der Waals surface area contributed by atoms with E-state index in [-0.39, 0.29) is 6.61 Å². The predicted molar refractivity (Wildman–Crippen MR) is 121 cm³/mol. The Balaban J connectivity index is 1.65. The van der Waals surface area contributed by atoms with Gasteiger partial charge in [-0.05, 0) is 5.56 Å². The summed E-state index contributed by atoms with van der Waals surface area (Å²) in [6.07, 6.45) is -1.03. The highest BCUT2D eigenvalue weighted by Gasteiger charge is 2.51. The quantitative estimate of drug-likeness (QED) is 0.284. The number of imidazole rings is 1. The normalized spacial score (nSPS) is 21.5. The zero-order valence-corrected chi connectivity index (χ0v) is 19.4. The van der Waals surface area contributed by atoms with E-state index >= 15 is 0 Å². The zero-order valence-electron chi connectivity index (χ0n) is 19.4. The molecule has 4 rings (SSSR count). The fourth-order valence-electron chi connectivity index (χ4n) is 3.87. The lowest BCUT2D eigenvalue weighted by atomic mass is 10.1. The van der Waals surface area contributed by atoms with Gasteiger partial charge in [-0.3, -0.25) is 19.0 Å². The molecule has 12 heteroatoms. The first-order valence-corrected chi connectivity index (χ1v) is 10.9. The van der Waals surface area contributed by atoms with E-state index in [2.05, 4.69) is 20.3 Å². The minimum Gasteiger partial charge on any atom is -0.463 e. The molecule has 12 nitrogen and oxygen atoms in total. The van der Waals surface area contributed by atoms with E-state index in [4.69, 9.17) is 18.9 Å². The molecule has 0 spiro atoms. The molecule has 35 heavy (non-hydrogen) atoms. The number of nitrogens with zero attached hydrogens (tertiary/aromatic N) is 4. The van der Waals surface area contributed by atoms with Crippen LogP contribution in [0.1, 0.15) is 32.6 Å². The van der Waals surface area contributed by atoms with Gasteiger partial charge in [0.1, 0.15) is 19.0 Å². The van der Waals surface area contributed by atoms with Gasteiger partial charge in [0, 0.05) is 27.3 Å². The van der Waals surface area contributed by atoms with Crippen LogP contribution in [0, 0.1) is 0 Å². The van der Waals surface area contributed by atoms with Crippen molar-refractivity contribution in [3.8, 4) is 0 Å². The molecule has 1 N–H and O–H groups in total. The second-order valence-corrected chi connectivity index (χ2v) is 7.90. The third-order valence-corrected chi connectivity index (χ3v) is 5.28. The van der Waals surface area contributed by atoms with Crippen molar-refractivity contribution < 1.29 is 33.3 Å². The summed E-state index contributed by atoms with van der Waals surface area (Å²) >= 11 is 0. The molecule has 3 heterocycles. The van der Waals surface area contributed by atoms with Gasteiger partial charge >= 0.3 is 17.9 Å². The van der Waals surface area contributed by atoms with Crippen LogP contribution in [-0.4, -0.2) is 62.3 Å². The molecule has 1 aromatic carbocycles. The predicted octanol–water partition coefficient (Wildman–Crippen LogP) is 1.76. The van der Waals surface area contributed by atoms with Gasteiger partial charge in [-0.25, -0.2) is 15.0 Å². The van der Waals surface area contributed by atoms with Crippen LogP contribution >= 0.6 is 0 Å². The number of carbonyl (C=O) groups is 3. The number of nitrogens with one attached hydrogen (secondary N) is 1. The fraction of sp³-hybridized carbons (Fsp3) is 0.391. The van der Waals surface area contributed by atoms with E-state index < -0.39 is 42.4 Å². The Morgan fingerprint density at radius 2 is 1.69 bits per heavy atom. The number of hydrogen-bond acceptors (Lipinski definition) is 11. The van der Waals surface area contributed by atoms with Crippen LogP contribution in [-0.2, 0) is 39.9 Å². The zero-order chi connectivity index (χ0) is 24.9. The molecular weight excluding hydrogens is 459 g/mol. The monoisotopic (exact) mass is 484 g/mol. The van der Waals surface area contributed by atoms with E-state index in [1.54, 1.807) is 4.57 Å². The molecule has 2 aromatic heterocycles. The highest BCUT2D eigenvalue weighted by atomic mass is 16.7. The number of carbonyl (C=O) groups excluding carboxylic acids is 3. The molecule has 1 aliphatic heterocycles. The van der Waals surface area contributed by atoms with Gasteiger partial charge in [0.25, 0.3) is 0 Å². The molecule has 1 fully saturated rings. The Kier molecular flexibility index (Phi) is 7.20. The Hall–Kier alpha value is -4.06. The summed E-state index contributed by atoms with van der Waals surface area (Å²) in [5, 5.41) is 3.25. The number of esters is 3. The standard InChI is InChI=1S/C23H25N5O7/c1-13(29)32-10-17-19(33-14(2)30)20(34-15(3)31)23(35-17)28-12-27-18-21(25-11-26-22(18)28)24-9-16-7-5-4-6-8-16/h4-8,11-12,17,19-20,23H,9-10H2,1-3H3,(H,24,25,26)/t17-,19-,20-,23-/m1/s1/i24+1. The van der Waals surface area contributed by atoms with E-state index in [0.717, 1.165) is 5.56 Å². The molecule has 1 saturated heterocycles. The minimum atomic E-state index is -1.04. The van der Waals surface area contributed by atoms with Gasteiger partial charge in [-0.2, -0.15) is 0 Å². The highest BCUT2D eigenvalue weighted by molar-refractivity contribution is 5.82. The van der Waals surface area contributed by atoms with Crippen molar-refractivity contribution in [2.45, 2.75) is 51.9 Å². The first-order valence-electron chi connectivity index (χ1n) is 10.9. The number of rotatable bonds is 8. The largest absolute Gasteiger partial charge is 0.463 e. The molecule has 0 amide bonds. The topological polar surface area (TPSA) is 144 Å².